The van der Waals surface area contributed by atoms with Crippen molar-refractivity contribution < 1.29 is 0 Å². The normalized spacial score (nSPS) is 13.2. The van der Waals surface area contributed by atoms with Crippen LogP contribution >= 0.6 is 0 Å². The second-order valence-electron chi connectivity index (χ2n) is 5.95. The minimum atomic E-state index is -0.0390. The minimum Gasteiger partial charge on any atom is -0.327 e. The SMILES string of the molecule is CC(C)C(N)CCN(C)Cc1cc(=O)n2ccccc2n1. The Kier molecular flexibility index (Phi) is 5.09. The van der Waals surface area contributed by atoms with Gasteiger partial charge in [-0.3, -0.25) is 9.20 Å². The third-order valence-electron chi connectivity index (χ3n) is 3.76. The van der Waals surface area contributed by atoms with E-state index in [1.54, 1.807) is 16.7 Å². The summed E-state index contributed by atoms with van der Waals surface area (Å²) in [5.41, 5.74) is 7.51. The van der Waals surface area contributed by atoms with Crippen molar-refractivity contribution in [3.63, 3.8) is 0 Å². The first-order valence-corrected chi connectivity index (χ1v) is 7.39. The molecule has 0 bridgehead atoms. The van der Waals surface area contributed by atoms with Crippen LogP contribution in [0.5, 0.6) is 0 Å². The van der Waals surface area contributed by atoms with Gasteiger partial charge in [-0.15, -0.1) is 0 Å². The van der Waals surface area contributed by atoms with E-state index in [2.05, 4.69) is 23.7 Å². The zero-order valence-corrected chi connectivity index (χ0v) is 13.0. The van der Waals surface area contributed by atoms with E-state index in [9.17, 15) is 4.79 Å². The van der Waals surface area contributed by atoms with E-state index in [4.69, 9.17) is 5.73 Å². The fraction of sp³-hybridized carbons (Fsp3) is 0.500. The quantitative estimate of drug-likeness (QED) is 0.875. The number of pyridine rings is 1. The molecule has 2 aromatic heterocycles. The van der Waals surface area contributed by atoms with Crippen molar-refractivity contribution in [2.24, 2.45) is 11.7 Å². The molecule has 0 amide bonds. The summed E-state index contributed by atoms with van der Waals surface area (Å²) in [5.74, 6) is 0.488. The summed E-state index contributed by atoms with van der Waals surface area (Å²) in [6, 6.07) is 7.38. The lowest BCUT2D eigenvalue weighted by Gasteiger charge is -2.21. The van der Waals surface area contributed by atoms with Gasteiger partial charge in [-0.25, -0.2) is 4.98 Å². The fourth-order valence-electron chi connectivity index (χ4n) is 2.24. The van der Waals surface area contributed by atoms with Crippen LogP contribution in [0.3, 0.4) is 0 Å². The molecule has 0 radical (unpaired) electrons. The van der Waals surface area contributed by atoms with Crippen molar-refractivity contribution in [1.29, 1.82) is 0 Å². The van der Waals surface area contributed by atoms with E-state index in [-0.39, 0.29) is 11.6 Å². The second-order valence-corrected chi connectivity index (χ2v) is 5.95. The van der Waals surface area contributed by atoms with Gasteiger partial charge in [0.1, 0.15) is 5.65 Å². The summed E-state index contributed by atoms with van der Waals surface area (Å²) in [4.78, 5) is 18.7. The number of nitrogens with zero attached hydrogens (tertiary/aromatic N) is 3. The van der Waals surface area contributed by atoms with Gasteiger partial charge in [-0.05, 0) is 38.1 Å². The molecule has 2 heterocycles. The molecule has 0 aliphatic heterocycles. The van der Waals surface area contributed by atoms with Gasteiger partial charge in [-0.1, -0.05) is 19.9 Å². The summed E-state index contributed by atoms with van der Waals surface area (Å²) in [5, 5.41) is 0. The van der Waals surface area contributed by atoms with Gasteiger partial charge in [-0.2, -0.15) is 0 Å². The number of rotatable bonds is 6. The number of hydrogen-bond acceptors (Lipinski definition) is 4. The molecule has 0 fully saturated rings. The van der Waals surface area contributed by atoms with Crippen LogP contribution in [0.25, 0.3) is 5.65 Å². The monoisotopic (exact) mass is 288 g/mol. The topological polar surface area (TPSA) is 63.6 Å². The molecule has 0 saturated carbocycles. The van der Waals surface area contributed by atoms with E-state index >= 15 is 0 Å². The van der Waals surface area contributed by atoms with Gasteiger partial charge >= 0.3 is 0 Å². The number of fused-ring (bicyclic) bond motifs is 1. The molecule has 5 nitrogen and oxygen atoms in total. The Bertz CT molecular complexity index is 650. The van der Waals surface area contributed by atoms with Gasteiger partial charge < -0.3 is 10.6 Å². The molecular weight excluding hydrogens is 264 g/mol. The van der Waals surface area contributed by atoms with Crippen LogP contribution in [0.1, 0.15) is 26.0 Å². The third-order valence-corrected chi connectivity index (χ3v) is 3.76. The lowest BCUT2D eigenvalue weighted by atomic mass is 10.0. The number of nitrogens with two attached hydrogens (primary N) is 1. The maximum absolute atomic E-state index is 12.0. The van der Waals surface area contributed by atoms with Gasteiger partial charge in [0.05, 0.1) is 5.69 Å². The van der Waals surface area contributed by atoms with Crippen LogP contribution in [0.2, 0.25) is 0 Å². The van der Waals surface area contributed by atoms with Crippen LogP contribution in [-0.2, 0) is 6.54 Å². The molecule has 0 aromatic carbocycles. The lowest BCUT2D eigenvalue weighted by Crippen LogP contribution is -2.32. The van der Waals surface area contributed by atoms with Gasteiger partial charge in [0.2, 0.25) is 0 Å². The van der Waals surface area contributed by atoms with E-state index in [0.717, 1.165) is 18.7 Å². The Balaban J connectivity index is 2.04. The van der Waals surface area contributed by atoms with Crippen molar-refractivity contribution in [2.45, 2.75) is 32.9 Å². The van der Waals surface area contributed by atoms with E-state index in [1.165, 1.54) is 0 Å². The summed E-state index contributed by atoms with van der Waals surface area (Å²) in [6.45, 7) is 5.83. The average molecular weight is 288 g/mol. The molecule has 0 aliphatic rings. The van der Waals surface area contributed by atoms with Crippen LogP contribution in [0.4, 0.5) is 0 Å². The molecule has 2 N–H and O–H groups in total. The highest BCUT2D eigenvalue weighted by molar-refractivity contribution is 5.37. The third kappa shape index (κ3) is 4.12. The molecule has 21 heavy (non-hydrogen) atoms. The zero-order valence-electron chi connectivity index (χ0n) is 13.0. The van der Waals surface area contributed by atoms with Crippen molar-refractivity contribution in [3.8, 4) is 0 Å². The molecule has 0 aliphatic carbocycles. The van der Waals surface area contributed by atoms with E-state index < -0.39 is 0 Å². The Morgan fingerprint density at radius 2 is 2.14 bits per heavy atom. The first-order valence-electron chi connectivity index (χ1n) is 7.39. The van der Waals surface area contributed by atoms with Crippen molar-refractivity contribution in [1.82, 2.24) is 14.3 Å². The first-order chi connectivity index (χ1) is 9.97. The predicted octanol–water partition coefficient (Wildman–Crippen LogP) is 1.50. The highest BCUT2D eigenvalue weighted by Crippen LogP contribution is 2.06. The molecule has 114 valence electrons. The Morgan fingerprint density at radius 1 is 1.38 bits per heavy atom. The Morgan fingerprint density at radius 3 is 2.86 bits per heavy atom. The van der Waals surface area contributed by atoms with E-state index in [0.29, 0.717) is 18.1 Å². The smallest absolute Gasteiger partial charge is 0.258 e. The van der Waals surface area contributed by atoms with E-state index in [1.807, 2.05) is 25.2 Å². The van der Waals surface area contributed by atoms with Crippen molar-refractivity contribution >= 4 is 5.65 Å². The van der Waals surface area contributed by atoms with Crippen molar-refractivity contribution in [2.75, 3.05) is 13.6 Å². The highest BCUT2D eigenvalue weighted by atomic mass is 16.1. The molecular formula is C16H24N4O. The highest BCUT2D eigenvalue weighted by Gasteiger charge is 2.10. The van der Waals surface area contributed by atoms with Gasteiger partial charge in [0.25, 0.3) is 5.56 Å². The minimum absolute atomic E-state index is 0.0390. The molecule has 0 saturated heterocycles. The van der Waals surface area contributed by atoms with Gasteiger partial charge in [0, 0.05) is 24.8 Å². The molecule has 1 atom stereocenters. The van der Waals surface area contributed by atoms with Crippen LogP contribution in [-0.4, -0.2) is 33.9 Å². The maximum atomic E-state index is 12.0. The van der Waals surface area contributed by atoms with Crippen LogP contribution < -0.4 is 11.3 Å². The Labute approximate surface area is 125 Å². The first kappa shape index (κ1) is 15.7. The fourth-order valence-corrected chi connectivity index (χ4v) is 2.24. The average Bonchev–Trinajstić information content (AvgIpc) is 2.44. The predicted molar refractivity (Wildman–Crippen MR) is 85.2 cm³/mol. The Hall–Kier alpha value is -1.72. The molecule has 2 rings (SSSR count). The summed E-state index contributed by atoms with van der Waals surface area (Å²) >= 11 is 0. The molecule has 0 spiro atoms. The number of aromatic nitrogens is 2. The van der Waals surface area contributed by atoms with Crippen LogP contribution in [0, 0.1) is 5.92 Å². The number of hydrogen-bond donors (Lipinski definition) is 1. The summed E-state index contributed by atoms with van der Waals surface area (Å²) in [6.07, 6.45) is 2.68. The van der Waals surface area contributed by atoms with Crippen molar-refractivity contribution in [3.05, 3.63) is 46.5 Å². The lowest BCUT2D eigenvalue weighted by molar-refractivity contribution is 0.293. The summed E-state index contributed by atoms with van der Waals surface area (Å²) in [7, 11) is 2.03. The molecule has 1 unspecified atom stereocenters. The maximum Gasteiger partial charge on any atom is 0.258 e. The standard InChI is InChI=1S/C16H24N4O/c1-12(2)14(17)7-9-19(3)11-13-10-16(21)20-8-5-4-6-15(20)18-13/h4-6,8,10,12,14H,7,9,11,17H2,1-3H3. The molecule has 2 aromatic rings. The van der Waals surface area contributed by atoms with Crippen LogP contribution in [0.15, 0.2) is 35.3 Å². The van der Waals surface area contributed by atoms with Gasteiger partial charge in [0.15, 0.2) is 0 Å². The zero-order chi connectivity index (χ0) is 15.4. The summed E-state index contributed by atoms with van der Waals surface area (Å²) < 4.78 is 1.55. The second kappa shape index (κ2) is 6.83. The molecule has 5 heteroatoms. The largest absolute Gasteiger partial charge is 0.327 e.